The highest BCUT2D eigenvalue weighted by Gasteiger charge is 2.18. The van der Waals surface area contributed by atoms with Crippen molar-refractivity contribution in [3.8, 4) is 17.2 Å². The quantitative estimate of drug-likeness (QED) is 0.443. The molecule has 3 aromatic carbocycles. The van der Waals surface area contributed by atoms with Crippen LogP contribution in [0.4, 0.5) is 10.1 Å². The minimum atomic E-state index is -0.651. The zero-order chi connectivity index (χ0) is 24.7. The van der Waals surface area contributed by atoms with Crippen LogP contribution < -0.4 is 24.8 Å². The third-order valence-electron chi connectivity index (χ3n) is 4.75. The fraction of sp³-hybridized carbons (Fsp3) is 0.120. The molecule has 0 aliphatic heterocycles. The van der Waals surface area contributed by atoms with Gasteiger partial charge in [0.1, 0.15) is 17.3 Å². The van der Waals surface area contributed by atoms with Gasteiger partial charge in [0.2, 0.25) is 0 Å². The molecule has 0 aromatic heterocycles. The smallest absolute Gasteiger partial charge is 0.272 e. The standard InChI is InChI=1S/C25H22ClFN2O5/c1-32-21-7-5-4-6-15(21)12-20(25(31)28-17-9-10-19(27)18(26)14-17)29-24(30)16-8-11-22(33-2)23(13-16)34-3/h4-14H,1-3H3,(H,28,31)(H,29,30)/b20-12-. The summed E-state index contributed by atoms with van der Waals surface area (Å²) in [5, 5.41) is 5.08. The molecule has 3 rings (SSSR count). The van der Waals surface area contributed by atoms with Gasteiger partial charge in [-0.1, -0.05) is 29.8 Å². The maximum Gasteiger partial charge on any atom is 0.272 e. The summed E-state index contributed by atoms with van der Waals surface area (Å²) < 4.78 is 29.3. The molecule has 3 aromatic rings. The third kappa shape index (κ3) is 5.85. The number of carbonyl (C=O) groups excluding carboxylic acids is 2. The normalized spacial score (nSPS) is 10.9. The molecule has 0 aliphatic carbocycles. The molecule has 0 radical (unpaired) electrons. The lowest BCUT2D eigenvalue weighted by Crippen LogP contribution is -2.30. The van der Waals surface area contributed by atoms with Gasteiger partial charge in [0.25, 0.3) is 11.8 Å². The molecule has 0 spiro atoms. The molecule has 0 saturated heterocycles. The number of benzene rings is 3. The number of rotatable bonds is 8. The molecule has 0 aliphatic rings. The maximum absolute atomic E-state index is 13.5. The Morgan fingerprint density at radius 1 is 0.882 bits per heavy atom. The molecule has 0 bridgehead atoms. The lowest BCUT2D eigenvalue weighted by atomic mass is 10.1. The van der Waals surface area contributed by atoms with E-state index >= 15 is 0 Å². The van der Waals surface area contributed by atoms with E-state index in [9.17, 15) is 14.0 Å². The maximum atomic E-state index is 13.5. The van der Waals surface area contributed by atoms with Gasteiger partial charge in [-0.2, -0.15) is 0 Å². The summed E-state index contributed by atoms with van der Waals surface area (Å²) >= 11 is 5.81. The van der Waals surface area contributed by atoms with Crippen molar-refractivity contribution in [2.24, 2.45) is 0 Å². The van der Waals surface area contributed by atoms with Crippen LogP contribution in [0.2, 0.25) is 5.02 Å². The monoisotopic (exact) mass is 484 g/mol. The van der Waals surface area contributed by atoms with E-state index in [4.69, 9.17) is 25.8 Å². The van der Waals surface area contributed by atoms with Crippen LogP contribution in [0.1, 0.15) is 15.9 Å². The first-order chi connectivity index (χ1) is 16.4. The Morgan fingerprint density at radius 3 is 2.26 bits per heavy atom. The molecular formula is C25H22ClFN2O5. The van der Waals surface area contributed by atoms with Crippen molar-refractivity contribution in [1.29, 1.82) is 0 Å². The average molecular weight is 485 g/mol. The summed E-state index contributed by atoms with van der Waals surface area (Å²) in [6, 6.07) is 15.4. The van der Waals surface area contributed by atoms with Gasteiger partial charge in [0, 0.05) is 16.8 Å². The Morgan fingerprint density at radius 2 is 1.59 bits per heavy atom. The van der Waals surface area contributed by atoms with Gasteiger partial charge >= 0.3 is 0 Å². The second-order valence-corrected chi connectivity index (χ2v) is 7.31. The Hall–Kier alpha value is -4.04. The molecular weight excluding hydrogens is 463 g/mol. The average Bonchev–Trinajstić information content (AvgIpc) is 2.85. The first-order valence-electron chi connectivity index (χ1n) is 10.0. The van der Waals surface area contributed by atoms with Crippen molar-refractivity contribution in [3.05, 3.63) is 88.3 Å². The molecule has 0 fully saturated rings. The summed E-state index contributed by atoms with van der Waals surface area (Å²) in [6.45, 7) is 0. The van der Waals surface area contributed by atoms with E-state index in [0.29, 0.717) is 22.8 Å². The fourth-order valence-corrected chi connectivity index (χ4v) is 3.22. The number of anilines is 1. The van der Waals surface area contributed by atoms with Crippen molar-refractivity contribution in [2.75, 3.05) is 26.6 Å². The first kappa shape index (κ1) is 24.6. The number of hydrogen-bond acceptors (Lipinski definition) is 5. The van der Waals surface area contributed by atoms with Crippen molar-refractivity contribution in [1.82, 2.24) is 5.32 Å². The van der Waals surface area contributed by atoms with E-state index in [1.54, 1.807) is 30.3 Å². The molecule has 7 nitrogen and oxygen atoms in total. The predicted octanol–water partition coefficient (Wildman–Crippen LogP) is 4.91. The topological polar surface area (TPSA) is 85.9 Å². The zero-order valence-electron chi connectivity index (χ0n) is 18.6. The summed E-state index contributed by atoms with van der Waals surface area (Å²) in [4.78, 5) is 26.1. The van der Waals surface area contributed by atoms with Crippen molar-refractivity contribution < 1.29 is 28.2 Å². The van der Waals surface area contributed by atoms with Crippen LogP contribution in [0.15, 0.2) is 66.4 Å². The Kier molecular flexibility index (Phi) is 8.10. The summed E-state index contributed by atoms with van der Waals surface area (Å²) in [5.41, 5.74) is 0.966. The second-order valence-electron chi connectivity index (χ2n) is 6.91. The molecule has 2 N–H and O–H groups in total. The van der Waals surface area contributed by atoms with E-state index in [-0.39, 0.29) is 22.0 Å². The van der Waals surface area contributed by atoms with E-state index < -0.39 is 17.6 Å². The van der Waals surface area contributed by atoms with Crippen molar-refractivity contribution in [3.63, 3.8) is 0 Å². The van der Waals surface area contributed by atoms with E-state index in [0.717, 1.165) is 6.07 Å². The molecule has 2 amide bonds. The van der Waals surface area contributed by atoms with Crippen LogP contribution in [-0.2, 0) is 4.79 Å². The lowest BCUT2D eigenvalue weighted by Gasteiger charge is -2.14. The summed E-state index contributed by atoms with van der Waals surface area (Å²) in [7, 11) is 4.43. The number of nitrogens with one attached hydrogen (secondary N) is 2. The van der Waals surface area contributed by atoms with Crippen LogP contribution in [0.3, 0.4) is 0 Å². The largest absolute Gasteiger partial charge is 0.496 e. The van der Waals surface area contributed by atoms with E-state index in [1.165, 1.54) is 51.7 Å². The number of hydrogen-bond donors (Lipinski definition) is 2. The van der Waals surface area contributed by atoms with E-state index in [2.05, 4.69) is 10.6 Å². The number of halogens is 2. The van der Waals surface area contributed by atoms with Gasteiger partial charge in [-0.25, -0.2) is 4.39 Å². The highest BCUT2D eigenvalue weighted by atomic mass is 35.5. The molecule has 34 heavy (non-hydrogen) atoms. The van der Waals surface area contributed by atoms with Crippen molar-refractivity contribution in [2.45, 2.75) is 0 Å². The lowest BCUT2D eigenvalue weighted by molar-refractivity contribution is -0.113. The molecule has 0 atom stereocenters. The van der Waals surface area contributed by atoms with Gasteiger partial charge in [0.05, 0.1) is 26.4 Å². The highest BCUT2D eigenvalue weighted by Crippen LogP contribution is 2.28. The minimum Gasteiger partial charge on any atom is -0.496 e. The molecule has 9 heteroatoms. The highest BCUT2D eigenvalue weighted by molar-refractivity contribution is 6.31. The zero-order valence-corrected chi connectivity index (χ0v) is 19.4. The van der Waals surface area contributed by atoms with Crippen LogP contribution >= 0.6 is 11.6 Å². The molecule has 0 saturated carbocycles. The minimum absolute atomic E-state index is 0.0790. The van der Waals surface area contributed by atoms with Crippen LogP contribution in [0, 0.1) is 5.82 Å². The van der Waals surface area contributed by atoms with Crippen molar-refractivity contribution >= 4 is 35.2 Å². The predicted molar refractivity (Wildman–Crippen MR) is 128 cm³/mol. The Balaban J connectivity index is 1.95. The van der Waals surface area contributed by atoms with Gasteiger partial charge < -0.3 is 24.8 Å². The third-order valence-corrected chi connectivity index (χ3v) is 5.04. The number of para-hydroxylation sites is 1. The van der Waals surface area contributed by atoms with Crippen LogP contribution in [-0.4, -0.2) is 33.1 Å². The SMILES string of the molecule is COc1ccccc1/C=C(\NC(=O)c1ccc(OC)c(OC)c1)C(=O)Nc1ccc(F)c(Cl)c1. The molecule has 176 valence electrons. The number of amides is 2. The second kappa shape index (κ2) is 11.2. The fourth-order valence-electron chi connectivity index (χ4n) is 3.04. The van der Waals surface area contributed by atoms with Gasteiger partial charge in [0.15, 0.2) is 11.5 Å². The summed E-state index contributed by atoms with van der Waals surface area (Å²) in [5.74, 6) is -0.522. The van der Waals surface area contributed by atoms with Crippen LogP contribution in [0.5, 0.6) is 17.2 Å². The first-order valence-corrected chi connectivity index (χ1v) is 10.4. The van der Waals surface area contributed by atoms with Gasteiger partial charge in [-0.3, -0.25) is 9.59 Å². The summed E-state index contributed by atoms with van der Waals surface area (Å²) in [6.07, 6.45) is 1.47. The number of carbonyl (C=O) groups is 2. The van der Waals surface area contributed by atoms with Gasteiger partial charge in [-0.15, -0.1) is 0 Å². The van der Waals surface area contributed by atoms with Gasteiger partial charge in [-0.05, 0) is 48.5 Å². The van der Waals surface area contributed by atoms with Crippen LogP contribution in [0.25, 0.3) is 6.08 Å². The molecule has 0 unspecified atom stereocenters. The number of methoxy groups -OCH3 is 3. The van der Waals surface area contributed by atoms with E-state index in [1.807, 2.05) is 0 Å². The number of ether oxygens (including phenoxy) is 3. The Labute approximate surface area is 201 Å². The Bertz CT molecular complexity index is 1250. The molecule has 0 heterocycles.